The van der Waals surface area contributed by atoms with E-state index in [1.165, 1.54) is 0 Å². The highest BCUT2D eigenvalue weighted by atomic mass is 29.6. The molecule has 90 valence electrons. The molecule has 0 radical (unpaired) electrons. The Balaban J connectivity index is 3.55. The molecule has 2 nitrogen and oxygen atoms in total. The zero-order chi connectivity index (χ0) is 12.8. The van der Waals surface area contributed by atoms with Crippen LogP contribution in [0.15, 0.2) is 23.6 Å². The quantitative estimate of drug-likeness (QED) is 0.783. The summed E-state index contributed by atoms with van der Waals surface area (Å²) in [5, 5.41) is 11.1. The van der Waals surface area contributed by atoms with Crippen molar-refractivity contribution in [1.82, 2.24) is 0 Å². The first-order valence-electron chi connectivity index (χ1n) is 5.67. The van der Waals surface area contributed by atoms with E-state index in [2.05, 4.69) is 39.3 Å². The molecule has 1 aliphatic heterocycles. The molecule has 0 saturated heterocycles. The van der Waals surface area contributed by atoms with Crippen LogP contribution in [0.25, 0.3) is 0 Å². The van der Waals surface area contributed by atoms with Crippen LogP contribution >= 0.6 is 0 Å². The molecule has 1 aliphatic rings. The van der Waals surface area contributed by atoms with E-state index in [0.29, 0.717) is 5.38 Å². The molecule has 0 bridgehead atoms. The maximum absolute atomic E-state index is 12.5. The van der Waals surface area contributed by atoms with E-state index >= 15 is 0 Å². The van der Waals surface area contributed by atoms with E-state index < -0.39 is 22.3 Å². The van der Waals surface area contributed by atoms with Crippen LogP contribution in [0.5, 0.6) is 0 Å². The van der Waals surface area contributed by atoms with Crippen molar-refractivity contribution >= 4 is 27.7 Å². The van der Waals surface area contributed by atoms with Gasteiger partial charge in [-0.25, -0.2) is 0 Å². The molecule has 1 rings (SSSR count). The summed E-state index contributed by atoms with van der Waals surface area (Å²) in [5.41, 5.74) is 0. The number of aliphatic hydroxyl groups is 1. The lowest BCUT2D eigenvalue weighted by Gasteiger charge is -2.47. The lowest BCUT2D eigenvalue weighted by Crippen LogP contribution is -2.77. The van der Waals surface area contributed by atoms with Crippen molar-refractivity contribution in [1.29, 1.82) is 0 Å². The summed E-state index contributed by atoms with van der Waals surface area (Å²) in [7, 11) is -5.70. The van der Waals surface area contributed by atoms with E-state index in [1.54, 1.807) is 18.2 Å². The molecule has 5 heteroatoms. The largest absolute Gasteiger partial charge is 0.517 e. The second-order valence-electron chi connectivity index (χ2n) is 6.53. The van der Waals surface area contributed by atoms with Crippen LogP contribution in [0, 0.1) is 0 Å². The number of hydrogen-bond acceptors (Lipinski definition) is 2. The molecule has 0 amide bonds. The standard InChI is InChI=1S/C11H22O2Si3/c1-14(2,3)16(15(4,5)6)10(12)8-7-9-11(16)13/h7-9,12H,1-6H3. The molecule has 0 fully saturated rings. The van der Waals surface area contributed by atoms with Crippen LogP contribution in [0.1, 0.15) is 0 Å². The van der Waals surface area contributed by atoms with Gasteiger partial charge in [0.15, 0.2) is 7.11 Å². The van der Waals surface area contributed by atoms with Crippen molar-refractivity contribution in [2.24, 2.45) is 0 Å². The fourth-order valence-electron chi connectivity index (χ4n) is 3.24. The van der Waals surface area contributed by atoms with Crippen LogP contribution < -0.4 is 0 Å². The average Bonchev–Trinajstić information content (AvgIpc) is 1.97. The van der Waals surface area contributed by atoms with Gasteiger partial charge in [0.25, 0.3) is 0 Å². The molecule has 0 aromatic heterocycles. The minimum absolute atomic E-state index is 0.255. The number of aliphatic hydroxyl groups excluding tert-OH is 1. The molecule has 1 N–H and O–H groups in total. The number of carbonyl (C=O) groups is 1. The fourth-order valence-corrected chi connectivity index (χ4v) is 46.5. The van der Waals surface area contributed by atoms with Gasteiger partial charge in [0.05, 0.1) is 20.6 Å². The van der Waals surface area contributed by atoms with Gasteiger partial charge in [0.2, 0.25) is 0 Å². The summed E-state index contributed by atoms with van der Waals surface area (Å²) >= 11 is 0. The molecule has 1 heterocycles. The number of rotatable bonds is 2. The van der Waals surface area contributed by atoms with Crippen LogP contribution in [0.3, 0.4) is 0 Å². The Morgan fingerprint density at radius 2 is 1.50 bits per heavy atom. The van der Waals surface area contributed by atoms with E-state index in [9.17, 15) is 9.90 Å². The third kappa shape index (κ3) is 1.70. The van der Waals surface area contributed by atoms with Gasteiger partial charge in [-0.15, -0.1) is 0 Å². The Hall–Kier alpha value is -0.399. The van der Waals surface area contributed by atoms with Crippen molar-refractivity contribution in [3.63, 3.8) is 0 Å². The average molecular weight is 271 g/mol. The van der Waals surface area contributed by atoms with Gasteiger partial charge in [-0.05, 0) is 12.2 Å². The first-order chi connectivity index (χ1) is 7.05. The van der Waals surface area contributed by atoms with Gasteiger partial charge in [-0.2, -0.15) is 0 Å². The number of hydrogen-bond donors (Lipinski definition) is 1. The normalized spacial score (nSPS) is 20.9. The lowest BCUT2D eigenvalue weighted by atomic mass is 10.5. The molecule has 0 unspecified atom stereocenters. The second-order valence-corrected chi connectivity index (χ2v) is 33.0. The van der Waals surface area contributed by atoms with Crippen molar-refractivity contribution in [3.8, 4) is 0 Å². The predicted molar refractivity (Wildman–Crippen MR) is 77.3 cm³/mol. The summed E-state index contributed by atoms with van der Waals surface area (Å²) < 4.78 is 0. The molecule has 0 aromatic carbocycles. The van der Waals surface area contributed by atoms with E-state index in [4.69, 9.17) is 0 Å². The molecule has 0 aliphatic carbocycles. The molecule has 0 spiro atoms. The zero-order valence-corrected chi connectivity index (χ0v) is 14.1. The summed E-state index contributed by atoms with van der Waals surface area (Å²) in [6, 6.07) is 0. The maximum Gasteiger partial charge on any atom is 0.193 e. The summed E-state index contributed by atoms with van der Waals surface area (Å²) in [5.74, 6) is 0. The van der Waals surface area contributed by atoms with Crippen LogP contribution in [-0.4, -0.2) is 32.8 Å². The smallest absolute Gasteiger partial charge is 0.193 e. The Morgan fingerprint density at radius 1 is 1.06 bits per heavy atom. The van der Waals surface area contributed by atoms with E-state index in [-0.39, 0.29) is 5.41 Å². The molecule has 0 saturated carbocycles. The van der Waals surface area contributed by atoms with Gasteiger partial charge in [0.1, 0.15) is 5.41 Å². The van der Waals surface area contributed by atoms with Crippen molar-refractivity contribution < 1.29 is 9.90 Å². The Bertz CT molecular complexity index is 356. The van der Waals surface area contributed by atoms with Gasteiger partial charge >= 0.3 is 0 Å². The van der Waals surface area contributed by atoms with Gasteiger partial charge in [0, 0.05) is 0 Å². The monoisotopic (exact) mass is 270 g/mol. The zero-order valence-electron chi connectivity index (χ0n) is 11.1. The van der Waals surface area contributed by atoms with Crippen molar-refractivity contribution in [2.75, 3.05) is 0 Å². The summed E-state index contributed by atoms with van der Waals surface area (Å²) in [4.78, 5) is 12.5. The summed E-state index contributed by atoms with van der Waals surface area (Å²) in [6.45, 7) is 13.4. The van der Waals surface area contributed by atoms with E-state index in [0.717, 1.165) is 0 Å². The molecule has 0 atom stereocenters. The Labute approximate surface area is 101 Å². The molecular formula is C11H22O2Si3. The highest BCUT2D eigenvalue weighted by molar-refractivity contribution is 7.79. The minimum atomic E-state index is -2.32. The van der Waals surface area contributed by atoms with Gasteiger partial charge in [-0.1, -0.05) is 45.4 Å². The van der Waals surface area contributed by atoms with Gasteiger partial charge < -0.3 is 9.90 Å². The Kier molecular flexibility index (Phi) is 3.26. The molecule has 16 heavy (non-hydrogen) atoms. The Morgan fingerprint density at radius 3 is 1.75 bits per heavy atom. The molecular weight excluding hydrogens is 248 g/mol. The SMILES string of the molecule is C[Si](C)(C)[Si]1([Si](C)(C)C)C(=O)C=CC=C1O. The predicted octanol–water partition coefficient (Wildman–Crippen LogP) is 2.93. The fraction of sp³-hybridized carbons (Fsp3) is 0.545. The number of carbonyl (C=O) groups excluding carboxylic acids is 1. The highest BCUT2D eigenvalue weighted by Gasteiger charge is 2.63. The highest BCUT2D eigenvalue weighted by Crippen LogP contribution is 2.36. The third-order valence-corrected chi connectivity index (χ3v) is 39.9. The molecule has 0 aromatic rings. The van der Waals surface area contributed by atoms with Crippen LogP contribution in [0.2, 0.25) is 39.3 Å². The third-order valence-electron chi connectivity index (χ3n) is 3.51. The van der Waals surface area contributed by atoms with Crippen LogP contribution in [0.4, 0.5) is 0 Å². The first-order valence-corrected chi connectivity index (χ1v) is 16.7. The second kappa shape index (κ2) is 3.82. The first kappa shape index (κ1) is 13.7. The summed E-state index contributed by atoms with van der Waals surface area (Å²) in [6.07, 6.45) is 5.16. The topological polar surface area (TPSA) is 37.3 Å². The maximum atomic E-state index is 12.5. The lowest BCUT2D eigenvalue weighted by molar-refractivity contribution is -0.108. The minimum Gasteiger partial charge on any atom is -0.517 e. The van der Waals surface area contributed by atoms with Crippen LogP contribution in [-0.2, 0) is 4.79 Å². The van der Waals surface area contributed by atoms with Crippen molar-refractivity contribution in [3.05, 3.63) is 23.6 Å². The number of allylic oxidation sites excluding steroid dienone is 3. The van der Waals surface area contributed by atoms with Gasteiger partial charge in [-0.3, -0.25) is 0 Å². The van der Waals surface area contributed by atoms with Crippen molar-refractivity contribution in [2.45, 2.75) is 39.3 Å². The van der Waals surface area contributed by atoms with E-state index in [1.807, 2.05) is 0 Å².